The molecule has 0 unspecified atom stereocenters. The number of aliphatic hydroxyl groups is 1. The molecule has 0 aromatic carbocycles. The molecule has 0 saturated carbocycles. The van der Waals surface area contributed by atoms with E-state index in [1.165, 1.54) is 6.08 Å². The molecule has 0 aromatic heterocycles. The van der Waals surface area contributed by atoms with Crippen LogP contribution in [0, 0.1) is 11.8 Å². The molecular weight excluding hydrogens is 390 g/mol. The topological polar surface area (TPSA) is 114 Å². The summed E-state index contributed by atoms with van der Waals surface area (Å²) in [6.45, 7) is 9.34. The van der Waals surface area contributed by atoms with Crippen LogP contribution in [0.3, 0.4) is 0 Å². The lowest BCUT2D eigenvalue weighted by atomic mass is 9.78. The molecule has 0 aliphatic carbocycles. The van der Waals surface area contributed by atoms with Crippen LogP contribution in [0.15, 0.2) is 35.1 Å². The molecule has 8 nitrogen and oxygen atoms in total. The minimum atomic E-state index is -0.988. The van der Waals surface area contributed by atoms with Crippen LogP contribution in [-0.4, -0.2) is 58.8 Å². The summed E-state index contributed by atoms with van der Waals surface area (Å²) in [5.74, 6) is -2.59. The van der Waals surface area contributed by atoms with E-state index in [4.69, 9.17) is 14.2 Å². The average Bonchev–Trinajstić information content (AvgIpc) is 3.29. The Morgan fingerprint density at radius 1 is 1.20 bits per heavy atom. The van der Waals surface area contributed by atoms with Crippen molar-refractivity contribution in [2.24, 2.45) is 11.8 Å². The Kier molecular flexibility index (Phi) is 4.80. The first-order valence-electron chi connectivity index (χ1n) is 10.2. The van der Waals surface area contributed by atoms with E-state index >= 15 is 0 Å². The van der Waals surface area contributed by atoms with Gasteiger partial charge in [-0.15, -0.1) is 0 Å². The first-order valence-corrected chi connectivity index (χ1v) is 10.2. The molecule has 30 heavy (non-hydrogen) atoms. The van der Waals surface area contributed by atoms with Gasteiger partial charge in [0.1, 0.15) is 17.4 Å². The van der Waals surface area contributed by atoms with Crippen LogP contribution < -0.4 is 5.32 Å². The maximum Gasteiger partial charge on any atom is 0.259 e. The van der Waals surface area contributed by atoms with Gasteiger partial charge in [0.25, 0.3) is 5.91 Å². The van der Waals surface area contributed by atoms with Crippen LogP contribution in [-0.2, 0) is 28.6 Å². The van der Waals surface area contributed by atoms with Crippen LogP contribution in [0.5, 0.6) is 0 Å². The first kappa shape index (κ1) is 21.0. The van der Waals surface area contributed by atoms with E-state index in [0.717, 1.165) is 5.57 Å². The van der Waals surface area contributed by atoms with Gasteiger partial charge in [-0.1, -0.05) is 31.6 Å². The largest absolute Gasteiger partial charge is 0.507 e. The van der Waals surface area contributed by atoms with Gasteiger partial charge in [-0.25, -0.2) is 0 Å². The number of rotatable bonds is 4. The lowest BCUT2D eigenvalue weighted by Crippen LogP contribution is -2.66. The van der Waals surface area contributed by atoms with Gasteiger partial charge in [0.15, 0.2) is 29.1 Å². The molecule has 0 aromatic rings. The van der Waals surface area contributed by atoms with E-state index in [0.29, 0.717) is 0 Å². The maximum atomic E-state index is 12.7. The van der Waals surface area contributed by atoms with E-state index in [1.54, 1.807) is 6.08 Å². The van der Waals surface area contributed by atoms with E-state index in [9.17, 15) is 19.5 Å². The van der Waals surface area contributed by atoms with E-state index in [1.807, 2.05) is 40.7 Å². The molecule has 1 amide bonds. The molecule has 0 radical (unpaired) electrons. The minimum absolute atomic E-state index is 0.0281. The Morgan fingerprint density at radius 3 is 2.53 bits per heavy atom. The third kappa shape index (κ3) is 3.05. The fraction of sp³-hybridized carbons (Fsp3) is 0.591. The van der Waals surface area contributed by atoms with E-state index in [-0.39, 0.29) is 41.6 Å². The Bertz CT molecular complexity index is 900. The SMILES string of the molecule is CC(C=CC(O)=C1C(=O)CNC1=O)=C[C@@H](C)[C@H]1O[C@@]2(C)O[C@H](C(=O)[C@@H]3O[C@@]32C)[C@@H]1C. The average molecular weight is 417 g/mol. The molecule has 7 atom stereocenters. The number of ether oxygens (including phenoxy) is 3. The number of amides is 1. The number of nitrogens with one attached hydrogen (secondary N) is 1. The van der Waals surface area contributed by atoms with Gasteiger partial charge in [-0.05, 0) is 26.8 Å². The molecule has 4 fully saturated rings. The highest BCUT2D eigenvalue weighted by Crippen LogP contribution is 2.57. The number of ketones is 2. The number of fused-ring (bicyclic) bond motifs is 4. The molecule has 4 saturated heterocycles. The number of hydrogen-bond donors (Lipinski definition) is 2. The molecular formula is C22H27NO7. The van der Waals surface area contributed by atoms with Crippen molar-refractivity contribution in [3.8, 4) is 0 Å². The van der Waals surface area contributed by atoms with Crippen molar-refractivity contribution in [2.75, 3.05) is 6.54 Å². The van der Waals surface area contributed by atoms with E-state index in [2.05, 4.69) is 5.32 Å². The van der Waals surface area contributed by atoms with Gasteiger partial charge in [0, 0.05) is 11.8 Å². The Hall–Kier alpha value is -2.29. The van der Waals surface area contributed by atoms with E-state index < -0.39 is 35.3 Å². The molecule has 8 heteroatoms. The second-order valence-electron chi connectivity index (χ2n) is 8.90. The Morgan fingerprint density at radius 2 is 1.90 bits per heavy atom. The number of carbonyl (C=O) groups is 3. The molecule has 4 aliphatic heterocycles. The van der Waals surface area contributed by atoms with Crippen LogP contribution in [0.25, 0.3) is 0 Å². The molecule has 162 valence electrons. The third-order valence-corrected chi connectivity index (χ3v) is 6.67. The van der Waals surface area contributed by atoms with Crippen molar-refractivity contribution in [1.29, 1.82) is 0 Å². The van der Waals surface area contributed by atoms with Crippen LogP contribution in [0.2, 0.25) is 0 Å². The highest BCUT2D eigenvalue weighted by molar-refractivity contribution is 6.25. The second-order valence-corrected chi connectivity index (χ2v) is 8.90. The highest BCUT2D eigenvalue weighted by Gasteiger charge is 2.76. The first-order chi connectivity index (χ1) is 14.0. The predicted molar refractivity (Wildman–Crippen MR) is 105 cm³/mol. The molecule has 4 heterocycles. The zero-order valence-electron chi connectivity index (χ0n) is 17.7. The predicted octanol–water partition coefficient (Wildman–Crippen LogP) is 1.51. The van der Waals surface area contributed by atoms with Crippen LogP contribution >= 0.6 is 0 Å². The normalized spacial score (nSPS) is 43.5. The highest BCUT2D eigenvalue weighted by atomic mass is 16.8. The molecule has 2 N–H and O–H groups in total. The zero-order chi connectivity index (χ0) is 22.0. The van der Waals surface area contributed by atoms with Gasteiger partial charge >= 0.3 is 0 Å². The van der Waals surface area contributed by atoms with Crippen LogP contribution in [0.4, 0.5) is 0 Å². The van der Waals surface area contributed by atoms with Crippen LogP contribution in [0.1, 0.15) is 34.6 Å². The fourth-order valence-corrected chi connectivity index (χ4v) is 4.67. The number of hydrogen-bond acceptors (Lipinski definition) is 7. The monoisotopic (exact) mass is 417 g/mol. The second kappa shape index (κ2) is 6.87. The van der Waals surface area contributed by atoms with Gasteiger partial charge < -0.3 is 24.6 Å². The fourth-order valence-electron chi connectivity index (χ4n) is 4.67. The van der Waals surface area contributed by atoms with Gasteiger partial charge in [0.05, 0.1) is 12.6 Å². The summed E-state index contributed by atoms with van der Waals surface area (Å²) in [7, 11) is 0. The van der Waals surface area contributed by atoms with Gasteiger partial charge in [0.2, 0.25) is 0 Å². The molecule has 0 spiro atoms. The standard InChI is InChI=1S/C22H27NO7/c1-10(6-7-13(24)15-14(25)9-23-20(15)27)8-11(2)17-12(3)18-16(26)19-21(4,30-19)22(5,28-17)29-18/h6-8,11-12,17-19,24H,9H2,1-5H3,(H,23,27)/t11-,12-,17-,18+,19+,21+,22+/m1/s1. The molecule has 4 aliphatic rings. The summed E-state index contributed by atoms with van der Waals surface area (Å²) in [6, 6.07) is 0. The van der Waals surface area contributed by atoms with Crippen molar-refractivity contribution in [3.63, 3.8) is 0 Å². The lowest BCUT2D eigenvalue weighted by molar-refractivity contribution is -0.350. The number of aliphatic hydroxyl groups excluding tert-OH is 1. The third-order valence-electron chi connectivity index (χ3n) is 6.67. The summed E-state index contributed by atoms with van der Waals surface area (Å²) in [5.41, 5.74) is -0.167. The zero-order valence-corrected chi connectivity index (χ0v) is 17.7. The summed E-state index contributed by atoms with van der Waals surface area (Å²) in [4.78, 5) is 36.0. The lowest BCUT2D eigenvalue weighted by Gasteiger charge is -2.51. The van der Waals surface area contributed by atoms with Gasteiger partial charge in [-0.3, -0.25) is 14.4 Å². The summed E-state index contributed by atoms with van der Waals surface area (Å²) in [6.07, 6.45) is 3.64. The van der Waals surface area contributed by atoms with Crippen molar-refractivity contribution in [1.82, 2.24) is 5.32 Å². The Balaban J connectivity index is 1.51. The van der Waals surface area contributed by atoms with Crippen molar-refractivity contribution in [3.05, 3.63) is 35.1 Å². The maximum absolute atomic E-state index is 12.7. The Labute approximate surface area is 174 Å². The minimum Gasteiger partial charge on any atom is -0.507 e. The molecule has 4 rings (SSSR count). The smallest absolute Gasteiger partial charge is 0.259 e. The number of carbonyl (C=O) groups excluding carboxylic acids is 3. The van der Waals surface area contributed by atoms with Crippen molar-refractivity contribution >= 4 is 17.5 Å². The van der Waals surface area contributed by atoms with Crippen molar-refractivity contribution < 1.29 is 33.7 Å². The number of Topliss-reactive ketones (excluding diaryl/α,β-unsaturated/α-hetero) is 2. The number of allylic oxidation sites excluding steroid dienone is 3. The number of epoxide rings is 1. The summed E-state index contributed by atoms with van der Waals surface area (Å²) in [5, 5.41) is 12.5. The molecule has 2 bridgehead atoms. The summed E-state index contributed by atoms with van der Waals surface area (Å²) >= 11 is 0. The summed E-state index contributed by atoms with van der Waals surface area (Å²) < 4.78 is 18.0. The van der Waals surface area contributed by atoms with Crippen molar-refractivity contribution in [2.45, 2.75) is 64.3 Å². The quantitative estimate of drug-likeness (QED) is 0.234. The van der Waals surface area contributed by atoms with Gasteiger partial charge in [-0.2, -0.15) is 0 Å².